The Morgan fingerprint density at radius 1 is 1.11 bits per heavy atom. The summed E-state index contributed by atoms with van der Waals surface area (Å²) in [4.78, 5) is 16.2. The van der Waals surface area contributed by atoms with Crippen molar-refractivity contribution >= 4 is 5.78 Å². The van der Waals surface area contributed by atoms with Gasteiger partial charge in [-0.05, 0) is 37.5 Å². The van der Waals surface area contributed by atoms with Gasteiger partial charge in [-0.15, -0.1) is 0 Å². The first kappa shape index (κ1) is 12.5. The Kier molecular flexibility index (Phi) is 4.24. The first-order valence-corrected chi connectivity index (χ1v) is 6.26. The Morgan fingerprint density at radius 3 is 2.61 bits per heavy atom. The molecule has 0 unspecified atom stereocenters. The van der Waals surface area contributed by atoms with E-state index in [0.29, 0.717) is 6.42 Å². The maximum absolute atomic E-state index is 12.0. The number of aromatic nitrogens is 1. The molecule has 0 saturated heterocycles. The monoisotopic (exact) mass is 239 g/mol. The van der Waals surface area contributed by atoms with Crippen molar-refractivity contribution in [1.29, 1.82) is 0 Å². The third-order valence-corrected chi connectivity index (χ3v) is 3.02. The minimum Gasteiger partial charge on any atom is -0.294 e. The highest BCUT2D eigenvalue weighted by molar-refractivity contribution is 5.96. The van der Waals surface area contributed by atoms with E-state index in [1.807, 2.05) is 37.3 Å². The lowest BCUT2D eigenvalue weighted by Gasteiger charge is -2.04. The molecule has 0 amide bonds. The van der Waals surface area contributed by atoms with Crippen LogP contribution in [0.25, 0.3) is 0 Å². The van der Waals surface area contributed by atoms with E-state index < -0.39 is 0 Å². The lowest BCUT2D eigenvalue weighted by atomic mass is 10.0. The molecule has 0 aliphatic heterocycles. The van der Waals surface area contributed by atoms with E-state index in [2.05, 4.69) is 17.1 Å². The predicted octanol–water partition coefficient (Wildman–Crippen LogP) is 3.60. The fraction of sp³-hybridized carbons (Fsp3) is 0.250. The third kappa shape index (κ3) is 3.27. The Balaban J connectivity index is 1.88. The summed E-state index contributed by atoms with van der Waals surface area (Å²) in [6.07, 6.45) is 4.14. The number of carbonyl (C=O) groups is 1. The third-order valence-electron chi connectivity index (χ3n) is 3.02. The minimum atomic E-state index is 0.191. The van der Waals surface area contributed by atoms with E-state index in [-0.39, 0.29) is 5.78 Å². The van der Waals surface area contributed by atoms with Gasteiger partial charge in [0.2, 0.25) is 0 Å². The number of hydrogen-bond donors (Lipinski definition) is 0. The SMILES string of the molecule is Cc1ncccc1C(=O)CCCc1ccccc1. The van der Waals surface area contributed by atoms with Crippen molar-refractivity contribution in [1.82, 2.24) is 4.98 Å². The molecule has 1 aromatic heterocycles. The van der Waals surface area contributed by atoms with Crippen molar-refractivity contribution in [2.24, 2.45) is 0 Å². The zero-order chi connectivity index (χ0) is 12.8. The van der Waals surface area contributed by atoms with E-state index in [9.17, 15) is 4.79 Å². The number of pyridine rings is 1. The minimum absolute atomic E-state index is 0.191. The second-order valence-electron chi connectivity index (χ2n) is 4.40. The summed E-state index contributed by atoms with van der Waals surface area (Å²) < 4.78 is 0. The first-order chi connectivity index (χ1) is 8.77. The van der Waals surface area contributed by atoms with Crippen molar-refractivity contribution in [3.8, 4) is 0 Å². The first-order valence-electron chi connectivity index (χ1n) is 6.26. The Bertz CT molecular complexity index is 520. The summed E-state index contributed by atoms with van der Waals surface area (Å²) in [6, 6.07) is 13.9. The van der Waals surface area contributed by atoms with Gasteiger partial charge in [0.25, 0.3) is 0 Å². The van der Waals surface area contributed by atoms with Crippen LogP contribution in [0.15, 0.2) is 48.7 Å². The topological polar surface area (TPSA) is 30.0 Å². The number of nitrogens with zero attached hydrogens (tertiary/aromatic N) is 1. The van der Waals surface area contributed by atoms with Gasteiger partial charge in [-0.1, -0.05) is 30.3 Å². The van der Waals surface area contributed by atoms with Gasteiger partial charge in [0.15, 0.2) is 5.78 Å². The van der Waals surface area contributed by atoms with Crippen LogP contribution in [0.2, 0.25) is 0 Å². The summed E-state index contributed by atoms with van der Waals surface area (Å²) in [5.41, 5.74) is 2.86. The van der Waals surface area contributed by atoms with E-state index >= 15 is 0 Å². The van der Waals surface area contributed by atoms with E-state index in [0.717, 1.165) is 24.1 Å². The van der Waals surface area contributed by atoms with E-state index in [1.54, 1.807) is 6.20 Å². The quantitative estimate of drug-likeness (QED) is 0.746. The van der Waals surface area contributed by atoms with Crippen molar-refractivity contribution in [3.63, 3.8) is 0 Å². The van der Waals surface area contributed by atoms with Crippen molar-refractivity contribution in [2.75, 3.05) is 0 Å². The number of rotatable bonds is 5. The van der Waals surface area contributed by atoms with Gasteiger partial charge in [0, 0.05) is 23.9 Å². The lowest BCUT2D eigenvalue weighted by molar-refractivity contribution is 0.0979. The van der Waals surface area contributed by atoms with Gasteiger partial charge in [0.1, 0.15) is 0 Å². The van der Waals surface area contributed by atoms with Gasteiger partial charge in [0.05, 0.1) is 0 Å². The molecule has 0 spiro atoms. The molecular weight excluding hydrogens is 222 g/mol. The molecule has 0 aliphatic carbocycles. The van der Waals surface area contributed by atoms with Gasteiger partial charge in [-0.2, -0.15) is 0 Å². The summed E-state index contributed by atoms with van der Waals surface area (Å²) in [5.74, 6) is 0.191. The van der Waals surface area contributed by atoms with Crippen molar-refractivity contribution in [2.45, 2.75) is 26.2 Å². The average molecular weight is 239 g/mol. The zero-order valence-electron chi connectivity index (χ0n) is 10.6. The normalized spacial score (nSPS) is 10.3. The average Bonchev–Trinajstić information content (AvgIpc) is 2.40. The van der Waals surface area contributed by atoms with Crippen LogP contribution >= 0.6 is 0 Å². The Hall–Kier alpha value is -1.96. The molecule has 0 bridgehead atoms. The highest BCUT2D eigenvalue weighted by atomic mass is 16.1. The fourth-order valence-electron chi connectivity index (χ4n) is 2.01. The van der Waals surface area contributed by atoms with E-state index in [1.165, 1.54) is 5.56 Å². The Morgan fingerprint density at radius 2 is 1.89 bits per heavy atom. The predicted molar refractivity (Wildman–Crippen MR) is 72.7 cm³/mol. The molecule has 0 atom stereocenters. The zero-order valence-corrected chi connectivity index (χ0v) is 10.6. The molecule has 0 radical (unpaired) electrons. The molecule has 92 valence electrons. The number of Topliss-reactive ketones (excluding diaryl/α,β-unsaturated/α-hetero) is 1. The molecule has 0 N–H and O–H groups in total. The van der Waals surface area contributed by atoms with Crippen LogP contribution in [0.4, 0.5) is 0 Å². The van der Waals surface area contributed by atoms with Crippen molar-refractivity contribution in [3.05, 3.63) is 65.5 Å². The van der Waals surface area contributed by atoms with Crippen LogP contribution in [-0.4, -0.2) is 10.8 Å². The number of carbonyl (C=O) groups excluding carboxylic acids is 1. The van der Waals surface area contributed by atoms with Crippen molar-refractivity contribution < 1.29 is 4.79 Å². The summed E-state index contributed by atoms with van der Waals surface area (Å²) in [7, 11) is 0. The molecule has 1 aromatic carbocycles. The summed E-state index contributed by atoms with van der Waals surface area (Å²) in [6.45, 7) is 1.88. The van der Waals surface area contributed by atoms with Gasteiger partial charge >= 0.3 is 0 Å². The molecule has 2 heteroatoms. The van der Waals surface area contributed by atoms with Gasteiger partial charge in [-0.3, -0.25) is 9.78 Å². The number of aryl methyl sites for hydroxylation is 2. The van der Waals surface area contributed by atoms with Crippen LogP contribution in [0.1, 0.15) is 34.5 Å². The highest BCUT2D eigenvalue weighted by Crippen LogP contribution is 2.11. The number of ketones is 1. The van der Waals surface area contributed by atoms with Crippen LogP contribution in [0.5, 0.6) is 0 Å². The standard InChI is InChI=1S/C16H17NO/c1-13-15(10-6-12-17-13)16(18)11-5-9-14-7-3-2-4-8-14/h2-4,6-8,10,12H,5,9,11H2,1H3. The fourth-order valence-corrected chi connectivity index (χ4v) is 2.01. The molecule has 2 rings (SSSR count). The molecule has 1 heterocycles. The lowest BCUT2D eigenvalue weighted by Crippen LogP contribution is -2.03. The van der Waals surface area contributed by atoms with Crippen LogP contribution in [-0.2, 0) is 6.42 Å². The second-order valence-corrected chi connectivity index (χ2v) is 4.40. The molecule has 0 fully saturated rings. The van der Waals surface area contributed by atoms with Gasteiger partial charge < -0.3 is 0 Å². The molecule has 0 saturated carbocycles. The smallest absolute Gasteiger partial charge is 0.164 e. The number of benzene rings is 1. The maximum atomic E-state index is 12.0. The van der Waals surface area contributed by atoms with Crippen LogP contribution < -0.4 is 0 Å². The largest absolute Gasteiger partial charge is 0.294 e. The van der Waals surface area contributed by atoms with Crippen LogP contribution in [0, 0.1) is 6.92 Å². The highest BCUT2D eigenvalue weighted by Gasteiger charge is 2.08. The molecule has 0 aliphatic rings. The molecule has 2 aromatic rings. The van der Waals surface area contributed by atoms with Gasteiger partial charge in [-0.25, -0.2) is 0 Å². The Labute approximate surface area is 108 Å². The molecule has 18 heavy (non-hydrogen) atoms. The van der Waals surface area contributed by atoms with E-state index in [4.69, 9.17) is 0 Å². The molecular formula is C16H17NO. The molecule has 2 nitrogen and oxygen atoms in total. The van der Waals surface area contributed by atoms with Crippen LogP contribution in [0.3, 0.4) is 0 Å². The maximum Gasteiger partial charge on any atom is 0.164 e. The second kappa shape index (κ2) is 6.10. The number of hydrogen-bond acceptors (Lipinski definition) is 2. The summed E-state index contributed by atoms with van der Waals surface area (Å²) >= 11 is 0. The summed E-state index contributed by atoms with van der Waals surface area (Å²) in [5, 5.41) is 0.